The van der Waals surface area contributed by atoms with Gasteiger partial charge in [-0.05, 0) is 43.5 Å². The molecule has 0 aliphatic carbocycles. The summed E-state index contributed by atoms with van der Waals surface area (Å²) >= 11 is 0. The fourth-order valence-corrected chi connectivity index (χ4v) is 3.00. The molecule has 0 spiro atoms. The molecule has 3 rings (SSSR count). The lowest BCUT2D eigenvalue weighted by molar-refractivity contribution is 0.0903. The summed E-state index contributed by atoms with van der Waals surface area (Å²) in [5.41, 5.74) is 1.91. The lowest BCUT2D eigenvalue weighted by atomic mass is 10.0. The standard InChI is InChI=1S/C19H21F2N3O/c1-13-5-6-15(22-11-13)12-24-9-7-14(8-10-24)23-19(25)16-3-2-4-17(20)18(16)21/h2-6,11,14H,7-10,12H2,1H3,(H,23,25). The van der Waals surface area contributed by atoms with Crippen molar-refractivity contribution in [3.8, 4) is 0 Å². The highest BCUT2D eigenvalue weighted by Gasteiger charge is 2.23. The summed E-state index contributed by atoms with van der Waals surface area (Å²) in [6.07, 6.45) is 3.40. The number of hydrogen-bond acceptors (Lipinski definition) is 3. The van der Waals surface area contributed by atoms with Crippen LogP contribution in [0.3, 0.4) is 0 Å². The molecule has 0 saturated carbocycles. The second-order valence-electron chi connectivity index (χ2n) is 6.45. The molecular weight excluding hydrogens is 324 g/mol. The van der Waals surface area contributed by atoms with Gasteiger partial charge in [0.15, 0.2) is 11.6 Å². The van der Waals surface area contributed by atoms with Gasteiger partial charge in [0.1, 0.15) is 0 Å². The van der Waals surface area contributed by atoms with E-state index in [1.807, 2.05) is 25.3 Å². The van der Waals surface area contributed by atoms with Crippen molar-refractivity contribution in [3.63, 3.8) is 0 Å². The monoisotopic (exact) mass is 345 g/mol. The second kappa shape index (κ2) is 7.70. The van der Waals surface area contributed by atoms with E-state index in [9.17, 15) is 13.6 Å². The summed E-state index contributed by atoms with van der Waals surface area (Å²) in [6, 6.07) is 7.68. The van der Waals surface area contributed by atoms with Gasteiger partial charge in [-0.3, -0.25) is 14.7 Å². The van der Waals surface area contributed by atoms with Crippen LogP contribution in [0.2, 0.25) is 0 Å². The zero-order chi connectivity index (χ0) is 17.8. The predicted octanol–water partition coefficient (Wildman–Crippen LogP) is 3.06. The molecule has 0 radical (unpaired) electrons. The van der Waals surface area contributed by atoms with Gasteiger partial charge in [-0.1, -0.05) is 12.1 Å². The smallest absolute Gasteiger partial charge is 0.254 e. The van der Waals surface area contributed by atoms with Crippen LogP contribution in [0.5, 0.6) is 0 Å². The molecule has 1 aliphatic heterocycles. The van der Waals surface area contributed by atoms with Crippen molar-refractivity contribution in [2.75, 3.05) is 13.1 Å². The summed E-state index contributed by atoms with van der Waals surface area (Å²) in [4.78, 5) is 18.8. The van der Waals surface area contributed by atoms with E-state index in [1.54, 1.807) is 0 Å². The summed E-state index contributed by atoms with van der Waals surface area (Å²) in [5.74, 6) is -2.66. The Morgan fingerprint density at radius 3 is 2.68 bits per heavy atom. The number of nitrogens with zero attached hydrogens (tertiary/aromatic N) is 2. The number of hydrogen-bond donors (Lipinski definition) is 1. The van der Waals surface area contributed by atoms with E-state index >= 15 is 0 Å². The molecule has 1 aliphatic rings. The Balaban J connectivity index is 1.51. The highest BCUT2D eigenvalue weighted by molar-refractivity contribution is 5.94. The van der Waals surface area contributed by atoms with Gasteiger partial charge in [0.25, 0.3) is 5.91 Å². The van der Waals surface area contributed by atoms with Crippen LogP contribution in [0.25, 0.3) is 0 Å². The van der Waals surface area contributed by atoms with Gasteiger partial charge in [0.05, 0.1) is 11.3 Å². The molecule has 0 unspecified atom stereocenters. The SMILES string of the molecule is Cc1ccc(CN2CCC(NC(=O)c3cccc(F)c3F)CC2)nc1. The van der Waals surface area contributed by atoms with Crippen LogP contribution in [0.1, 0.15) is 34.5 Å². The van der Waals surface area contributed by atoms with Crippen LogP contribution in [-0.2, 0) is 6.54 Å². The molecule has 2 aromatic rings. The van der Waals surface area contributed by atoms with Crippen LogP contribution in [0.15, 0.2) is 36.5 Å². The molecular formula is C19H21F2N3O. The second-order valence-corrected chi connectivity index (χ2v) is 6.45. The van der Waals surface area contributed by atoms with Gasteiger partial charge in [0, 0.05) is 31.9 Å². The number of aryl methyl sites for hydroxylation is 1. The molecule has 1 saturated heterocycles. The van der Waals surface area contributed by atoms with Gasteiger partial charge in [-0.25, -0.2) is 8.78 Å². The first-order valence-electron chi connectivity index (χ1n) is 8.41. The normalized spacial score (nSPS) is 16.0. The van der Waals surface area contributed by atoms with Gasteiger partial charge in [-0.2, -0.15) is 0 Å². The van der Waals surface area contributed by atoms with Crippen molar-refractivity contribution in [1.82, 2.24) is 15.2 Å². The van der Waals surface area contributed by atoms with Crippen molar-refractivity contribution < 1.29 is 13.6 Å². The minimum Gasteiger partial charge on any atom is -0.349 e. The predicted molar refractivity (Wildman–Crippen MR) is 91.1 cm³/mol. The van der Waals surface area contributed by atoms with Gasteiger partial charge < -0.3 is 5.32 Å². The number of benzene rings is 1. The number of rotatable bonds is 4. The van der Waals surface area contributed by atoms with Crippen LogP contribution < -0.4 is 5.32 Å². The topological polar surface area (TPSA) is 45.2 Å². The molecule has 2 heterocycles. The first-order chi connectivity index (χ1) is 12.0. The summed E-state index contributed by atoms with van der Waals surface area (Å²) < 4.78 is 26.9. The third-order valence-corrected chi connectivity index (χ3v) is 4.48. The van der Waals surface area contributed by atoms with E-state index in [2.05, 4.69) is 15.2 Å². The maximum absolute atomic E-state index is 13.7. The third-order valence-electron chi connectivity index (χ3n) is 4.48. The maximum Gasteiger partial charge on any atom is 0.254 e. The molecule has 25 heavy (non-hydrogen) atoms. The van der Waals surface area contributed by atoms with Gasteiger partial charge in [-0.15, -0.1) is 0 Å². The molecule has 1 fully saturated rings. The van der Waals surface area contributed by atoms with Crippen molar-refractivity contribution in [1.29, 1.82) is 0 Å². The van der Waals surface area contributed by atoms with Crippen LogP contribution in [-0.4, -0.2) is 34.9 Å². The number of nitrogens with one attached hydrogen (secondary N) is 1. The molecule has 6 heteroatoms. The highest BCUT2D eigenvalue weighted by Crippen LogP contribution is 2.16. The molecule has 1 amide bonds. The number of carbonyl (C=O) groups is 1. The largest absolute Gasteiger partial charge is 0.349 e. The molecule has 1 aromatic heterocycles. The Morgan fingerprint density at radius 1 is 1.24 bits per heavy atom. The third kappa shape index (κ3) is 4.39. The Hall–Kier alpha value is -2.34. The van der Waals surface area contributed by atoms with Crippen molar-refractivity contribution in [2.24, 2.45) is 0 Å². The number of carbonyl (C=O) groups excluding carboxylic acids is 1. The van der Waals surface area contributed by atoms with E-state index in [4.69, 9.17) is 0 Å². The molecule has 0 bridgehead atoms. The molecule has 0 atom stereocenters. The van der Waals surface area contributed by atoms with Gasteiger partial charge in [0.2, 0.25) is 0 Å². The Bertz CT molecular complexity index is 741. The summed E-state index contributed by atoms with van der Waals surface area (Å²) in [5, 5.41) is 2.81. The average Bonchev–Trinajstić information content (AvgIpc) is 2.61. The number of halogens is 2. The molecule has 4 nitrogen and oxygen atoms in total. The molecule has 1 N–H and O–H groups in total. The first kappa shape index (κ1) is 17.5. The highest BCUT2D eigenvalue weighted by atomic mass is 19.2. The number of pyridine rings is 1. The quantitative estimate of drug-likeness (QED) is 0.926. The summed E-state index contributed by atoms with van der Waals surface area (Å²) in [6.45, 7) is 4.43. The van der Waals surface area contributed by atoms with E-state index in [0.717, 1.165) is 49.8 Å². The maximum atomic E-state index is 13.7. The fourth-order valence-electron chi connectivity index (χ4n) is 3.00. The van der Waals surface area contributed by atoms with Crippen LogP contribution in [0, 0.1) is 18.6 Å². The molecule has 132 valence electrons. The van der Waals surface area contributed by atoms with Crippen molar-refractivity contribution in [2.45, 2.75) is 32.4 Å². The number of piperidine rings is 1. The average molecular weight is 345 g/mol. The van der Waals surface area contributed by atoms with E-state index in [1.165, 1.54) is 12.1 Å². The fraction of sp³-hybridized carbons (Fsp3) is 0.368. The van der Waals surface area contributed by atoms with E-state index in [0.29, 0.717) is 0 Å². The van der Waals surface area contributed by atoms with Crippen LogP contribution >= 0.6 is 0 Å². The summed E-state index contributed by atoms with van der Waals surface area (Å²) in [7, 11) is 0. The van der Waals surface area contributed by atoms with Crippen molar-refractivity contribution >= 4 is 5.91 Å². The number of likely N-dealkylation sites (tertiary alicyclic amines) is 1. The number of amides is 1. The Morgan fingerprint density at radius 2 is 2.00 bits per heavy atom. The van der Waals surface area contributed by atoms with Crippen LogP contribution in [0.4, 0.5) is 8.78 Å². The van der Waals surface area contributed by atoms with Gasteiger partial charge >= 0.3 is 0 Å². The minimum atomic E-state index is -1.09. The zero-order valence-electron chi connectivity index (χ0n) is 14.1. The van der Waals surface area contributed by atoms with Crippen molar-refractivity contribution in [3.05, 3.63) is 65.0 Å². The lowest BCUT2D eigenvalue weighted by Gasteiger charge is -2.32. The minimum absolute atomic E-state index is 0.0302. The van der Waals surface area contributed by atoms with E-state index in [-0.39, 0.29) is 11.6 Å². The van der Waals surface area contributed by atoms with E-state index < -0.39 is 17.5 Å². The Kier molecular flexibility index (Phi) is 5.38. The number of aromatic nitrogens is 1. The first-order valence-corrected chi connectivity index (χ1v) is 8.41. The zero-order valence-corrected chi connectivity index (χ0v) is 14.1. The Labute approximate surface area is 145 Å². The lowest BCUT2D eigenvalue weighted by Crippen LogP contribution is -2.44. The molecule has 1 aromatic carbocycles.